The third-order valence-corrected chi connectivity index (χ3v) is 5.04. The molecular weight excluding hydrogens is 250 g/mol. The van der Waals surface area contributed by atoms with Crippen LogP contribution in [-0.2, 0) is 0 Å². The molecule has 3 rings (SSSR count). The molecule has 1 atom stereocenters. The monoisotopic (exact) mass is 277 g/mol. The van der Waals surface area contributed by atoms with Crippen molar-refractivity contribution >= 4 is 5.95 Å². The molecule has 5 nitrogen and oxygen atoms in total. The molecule has 0 bridgehead atoms. The highest BCUT2D eigenvalue weighted by molar-refractivity contribution is 5.31. The fourth-order valence-corrected chi connectivity index (χ4v) is 3.62. The second-order valence-electron chi connectivity index (χ2n) is 6.90. The van der Waals surface area contributed by atoms with Gasteiger partial charge in [0.1, 0.15) is 5.82 Å². The maximum absolute atomic E-state index is 5.92. The molecule has 1 aromatic rings. The van der Waals surface area contributed by atoms with Crippen LogP contribution in [0.5, 0.6) is 0 Å². The Balaban J connectivity index is 1.69. The van der Waals surface area contributed by atoms with Gasteiger partial charge in [-0.1, -0.05) is 26.2 Å². The summed E-state index contributed by atoms with van der Waals surface area (Å²) in [5.41, 5.74) is 6.14. The molecule has 0 radical (unpaired) electrons. The maximum Gasteiger partial charge on any atom is 0.244 e. The quantitative estimate of drug-likeness (QED) is 0.890. The van der Waals surface area contributed by atoms with Crippen LogP contribution in [0.1, 0.15) is 63.6 Å². The van der Waals surface area contributed by atoms with Crippen molar-refractivity contribution in [2.24, 2.45) is 11.1 Å². The Morgan fingerprint density at radius 3 is 2.85 bits per heavy atom. The van der Waals surface area contributed by atoms with Crippen LogP contribution in [0.15, 0.2) is 0 Å². The van der Waals surface area contributed by atoms with Gasteiger partial charge in [-0.2, -0.15) is 4.98 Å². The predicted molar refractivity (Wildman–Crippen MR) is 80.8 cm³/mol. The van der Waals surface area contributed by atoms with Gasteiger partial charge in [-0.3, -0.25) is 5.10 Å². The van der Waals surface area contributed by atoms with Gasteiger partial charge in [-0.15, -0.1) is 5.10 Å². The fraction of sp³-hybridized carbons (Fsp3) is 0.867. The Hall–Kier alpha value is -1.10. The molecule has 112 valence electrons. The van der Waals surface area contributed by atoms with Gasteiger partial charge in [0.15, 0.2) is 0 Å². The van der Waals surface area contributed by atoms with Crippen LogP contribution < -0.4 is 10.6 Å². The minimum Gasteiger partial charge on any atom is -0.339 e. The van der Waals surface area contributed by atoms with Gasteiger partial charge < -0.3 is 10.6 Å². The molecule has 1 saturated carbocycles. The number of nitrogens with two attached hydrogens (primary N) is 1. The molecule has 0 spiro atoms. The Bertz CT molecular complexity index is 437. The number of piperidine rings is 1. The van der Waals surface area contributed by atoms with Crippen molar-refractivity contribution in [2.45, 2.75) is 57.8 Å². The van der Waals surface area contributed by atoms with Gasteiger partial charge in [-0.25, -0.2) is 0 Å². The topological polar surface area (TPSA) is 70.8 Å². The standard InChI is InChI=1S/C15H27N5/c1-15(10-16)8-5-9-20(11-15)14-17-13(18-19-14)12-6-3-2-4-7-12/h12H,2-11,16H2,1H3,(H,17,18,19). The Labute approximate surface area is 121 Å². The van der Waals surface area contributed by atoms with Gasteiger partial charge in [0, 0.05) is 19.0 Å². The molecule has 2 aliphatic rings. The van der Waals surface area contributed by atoms with Gasteiger partial charge in [-0.05, 0) is 37.6 Å². The summed E-state index contributed by atoms with van der Waals surface area (Å²) in [6.45, 7) is 5.04. The Kier molecular flexibility index (Phi) is 3.96. The molecule has 1 aliphatic heterocycles. The minimum absolute atomic E-state index is 0.212. The van der Waals surface area contributed by atoms with Crippen molar-refractivity contribution in [3.05, 3.63) is 5.82 Å². The second-order valence-corrected chi connectivity index (χ2v) is 6.90. The van der Waals surface area contributed by atoms with E-state index in [-0.39, 0.29) is 5.41 Å². The summed E-state index contributed by atoms with van der Waals surface area (Å²) in [5.74, 6) is 2.57. The summed E-state index contributed by atoms with van der Waals surface area (Å²) in [6.07, 6.45) is 8.94. The van der Waals surface area contributed by atoms with Crippen LogP contribution in [-0.4, -0.2) is 34.8 Å². The Morgan fingerprint density at radius 1 is 1.30 bits per heavy atom. The van der Waals surface area contributed by atoms with E-state index in [1.54, 1.807) is 0 Å². The highest BCUT2D eigenvalue weighted by Gasteiger charge is 2.31. The van der Waals surface area contributed by atoms with Crippen LogP contribution >= 0.6 is 0 Å². The lowest BCUT2D eigenvalue weighted by atomic mass is 9.82. The van der Waals surface area contributed by atoms with Crippen LogP contribution in [0.25, 0.3) is 0 Å². The highest BCUT2D eigenvalue weighted by atomic mass is 15.4. The van der Waals surface area contributed by atoms with E-state index in [9.17, 15) is 0 Å². The summed E-state index contributed by atoms with van der Waals surface area (Å²) in [4.78, 5) is 7.08. The molecule has 5 heteroatoms. The number of aromatic amines is 1. The molecule has 0 aromatic carbocycles. The normalized spacial score (nSPS) is 28.8. The zero-order chi connectivity index (χ0) is 14.0. The van der Waals surface area contributed by atoms with Crippen molar-refractivity contribution < 1.29 is 0 Å². The summed E-state index contributed by atoms with van der Waals surface area (Å²) in [6, 6.07) is 0. The molecule has 1 saturated heterocycles. The number of nitrogens with zero attached hydrogens (tertiary/aromatic N) is 3. The molecule has 0 amide bonds. The first-order valence-electron chi connectivity index (χ1n) is 8.07. The molecule has 3 N–H and O–H groups in total. The average molecular weight is 277 g/mol. The third-order valence-electron chi connectivity index (χ3n) is 5.04. The molecule has 1 aliphatic carbocycles. The van der Waals surface area contributed by atoms with Crippen molar-refractivity contribution in [2.75, 3.05) is 24.5 Å². The molecule has 2 heterocycles. The van der Waals surface area contributed by atoms with Gasteiger partial charge in [0.25, 0.3) is 0 Å². The van der Waals surface area contributed by atoms with Gasteiger partial charge >= 0.3 is 0 Å². The highest BCUT2D eigenvalue weighted by Crippen LogP contribution is 2.33. The molecule has 1 aromatic heterocycles. The third kappa shape index (κ3) is 2.82. The smallest absolute Gasteiger partial charge is 0.244 e. The minimum atomic E-state index is 0.212. The lowest BCUT2D eigenvalue weighted by molar-refractivity contribution is 0.270. The van der Waals surface area contributed by atoms with E-state index in [0.29, 0.717) is 5.92 Å². The van der Waals surface area contributed by atoms with E-state index in [0.717, 1.165) is 31.4 Å². The van der Waals surface area contributed by atoms with Crippen LogP contribution in [0.4, 0.5) is 5.95 Å². The molecule has 20 heavy (non-hydrogen) atoms. The number of H-pyrrole nitrogens is 1. The summed E-state index contributed by atoms with van der Waals surface area (Å²) >= 11 is 0. The number of hydrogen-bond donors (Lipinski definition) is 2. The maximum atomic E-state index is 5.92. The number of anilines is 1. The molecule has 2 fully saturated rings. The number of aromatic nitrogens is 3. The fourth-order valence-electron chi connectivity index (χ4n) is 3.62. The van der Waals surface area contributed by atoms with Crippen molar-refractivity contribution in [3.8, 4) is 0 Å². The van der Waals surface area contributed by atoms with Crippen molar-refractivity contribution in [1.82, 2.24) is 15.2 Å². The first kappa shape index (κ1) is 13.9. The summed E-state index contributed by atoms with van der Waals surface area (Å²) in [5, 5.41) is 7.65. The van der Waals surface area contributed by atoms with Crippen LogP contribution in [0.2, 0.25) is 0 Å². The van der Waals surface area contributed by atoms with E-state index in [1.807, 2.05) is 0 Å². The van der Waals surface area contributed by atoms with E-state index >= 15 is 0 Å². The van der Waals surface area contributed by atoms with Crippen LogP contribution in [0, 0.1) is 5.41 Å². The first-order valence-corrected chi connectivity index (χ1v) is 8.07. The average Bonchev–Trinajstić information content (AvgIpc) is 2.98. The zero-order valence-corrected chi connectivity index (χ0v) is 12.6. The van der Waals surface area contributed by atoms with E-state index in [4.69, 9.17) is 10.7 Å². The van der Waals surface area contributed by atoms with Crippen molar-refractivity contribution in [3.63, 3.8) is 0 Å². The van der Waals surface area contributed by atoms with E-state index in [2.05, 4.69) is 22.0 Å². The Morgan fingerprint density at radius 2 is 2.10 bits per heavy atom. The summed E-state index contributed by atoms with van der Waals surface area (Å²) in [7, 11) is 0. The van der Waals surface area contributed by atoms with Gasteiger partial charge in [0.2, 0.25) is 5.95 Å². The second kappa shape index (κ2) is 5.72. The van der Waals surface area contributed by atoms with E-state index in [1.165, 1.54) is 44.9 Å². The SMILES string of the molecule is CC1(CN)CCCN(c2n[nH]c(C3CCCCC3)n2)C1. The summed E-state index contributed by atoms with van der Waals surface area (Å²) < 4.78 is 0. The predicted octanol–water partition coefficient (Wildman–Crippen LogP) is 2.42. The number of rotatable bonds is 3. The lowest BCUT2D eigenvalue weighted by Gasteiger charge is -2.39. The van der Waals surface area contributed by atoms with Crippen molar-refractivity contribution in [1.29, 1.82) is 0 Å². The first-order chi connectivity index (χ1) is 9.70. The van der Waals surface area contributed by atoms with Gasteiger partial charge in [0.05, 0.1) is 0 Å². The van der Waals surface area contributed by atoms with E-state index < -0.39 is 0 Å². The molecular formula is C15H27N5. The number of nitrogens with one attached hydrogen (secondary N) is 1. The largest absolute Gasteiger partial charge is 0.339 e. The van der Waals surface area contributed by atoms with Crippen LogP contribution in [0.3, 0.4) is 0 Å². The lowest BCUT2D eigenvalue weighted by Crippen LogP contribution is -2.46. The number of hydrogen-bond acceptors (Lipinski definition) is 4. The zero-order valence-electron chi connectivity index (χ0n) is 12.6. The molecule has 1 unspecified atom stereocenters.